The van der Waals surface area contributed by atoms with Gasteiger partial charge in [-0.05, 0) is 19.4 Å². The molecule has 6 heteroatoms. The normalized spacial score (nSPS) is 20.2. The van der Waals surface area contributed by atoms with Crippen molar-refractivity contribution in [2.75, 3.05) is 13.1 Å². The number of ketones is 1. The monoisotopic (exact) mass is 250 g/mol. The number of rotatable bonds is 5. The maximum absolute atomic E-state index is 12.0. The third-order valence-corrected chi connectivity index (χ3v) is 3.31. The molecule has 6 nitrogen and oxygen atoms in total. The topological polar surface area (TPSA) is 81.2 Å². The summed E-state index contributed by atoms with van der Waals surface area (Å²) in [4.78, 5) is 25.0. The van der Waals surface area contributed by atoms with E-state index in [1.165, 1.54) is 0 Å². The number of amides is 1. The van der Waals surface area contributed by atoms with Crippen molar-refractivity contribution in [1.29, 1.82) is 0 Å². The van der Waals surface area contributed by atoms with Gasteiger partial charge in [0.25, 0.3) is 0 Å². The molecule has 2 rings (SSSR count). The van der Waals surface area contributed by atoms with E-state index >= 15 is 0 Å². The Hall–Kier alpha value is -1.69. The van der Waals surface area contributed by atoms with Crippen LogP contribution < -0.4 is 5.73 Å². The van der Waals surface area contributed by atoms with Crippen molar-refractivity contribution in [2.24, 2.45) is 12.8 Å². The Balaban J connectivity index is 1.96. The summed E-state index contributed by atoms with van der Waals surface area (Å²) in [7, 11) is 1.78. The Labute approximate surface area is 106 Å². The number of hydrogen-bond acceptors (Lipinski definition) is 4. The van der Waals surface area contributed by atoms with Crippen LogP contribution in [0.15, 0.2) is 12.4 Å². The molecule has 18 heavy (non-hydrogen) atoms. The molecule has 0 bridgehead atoms. The molecule has 2 N–H and O–H groups in total. The lowest BCUT2D eigenvalue weighted by molar-refractivity contribution is -0.119. The summed E-state index contributed by atoms with van der Waals surface area (Å²) in [5, 5.41) is 3.99. The molecule has 0 unspecified atom stereocenters. The molecule has 1 atom stereocenters. The average molecular weight is 250 g/mol. The van der Waals surface area contributed by atoms with Gasteiger partial charge < -0.3 is 5.73 Å². The number of hydrogen-bond donors (Lipinski definition) is 1. The Morgan fingerprint density at radius 2 is 2.33 bits per heavy atom. The third-order valence-electron chi connectivity index (χ3n) is 3.31. The van der Waals surface area contributed by atoms with E-state index in [0.29, 0.717) is 12.0 Å². The second-order valence-corrected chi connectivity index (χ2v) is 4.76. The highest BCUT2D eigenvalue weighted by Gasteiger charge is 2.28. The van der Waals surface area contributed by atoms with Crippen molar-refractivity contribution >= 4 is 11.7 Å². The minimum Gasteiger partial charge on any atom is -0.369 e. The van der Waals surface area contributed by atoms with Gasteiger partial charge in [-0.3, -0.25) is 19.2 Å². The molecule has 1 aromatic rings. The number of likely N-dealkylation sites (tertiary alicyclic amines) is 1. The molecule has 1 amide bonds. The lowest BCUT2D eigenvalue weighted by Gasteiger charge is -2.21. The van der Waals surface area contributed by atoms with E-state index in [1.807, 2.05) is 4.90 Å². The second-order valence-electron chi connectivity index (χ2n) is 4.76. The molecule has 1 aliphatic heterocycles. The summed E-state index contributed by atoms with van der Waals surface area (Å²) in [6, 6.07) is 0.130. The second kappa shape index (κ2) is 5.30. The van der Waals surface area contributed by atoms with Crippen LogP contribution in [0.1, 0.15) is 29.6 Å². The van der Waals surface area contributed by atoms with Crippen molar-refractivity contribution in [3.63, 3.8) is 0 Å². The number of nitrogens with two attached hydrogens (primary N) is 1. The van der Waals surface area contributed by atoms with Gasteiger partial charge in [-0.15, -0.1) is 0 Å². The summed E-state index contributed by atoms with van der Waals surface area (Å²) in [5.74, 6) is -0.264. The van der Waals surface area contributed by atoms with Crippen LogP contribution in [0, 0.1) is 0 Å². The van der Waals surface area contributed by atoms with Crippen LogP contribution >= 0.6 is 0 Å². The SMILES string of the molecule is Cn1cc(C(=O)C[C@@H]2CCCN2CC(N)=O)cn1. The molecule has 0 aliphatic carbocycles. The van der Waals surface area contributed by atoms with E-state index in [1.54, 1.807) is 24.1 Å². The van der Waals surface area contributed by atoms with Crippen molar-refractivity contribution in [3.8, 4) is 0 Å². The van der Waals surface area contributed by atoms with Gasteiger partial charge in [0.2, 0.25) is 5.91 Å². The Kier molecular flexibility index (Phi) is 3.76. The van der Waals surface area contributed by atoms with Gasteiger partial charge in [-0.1, -0.05) is 0 Å². The smallest absolute Gasteiger partial charge is 0.231 e. The maximum Gasteiger partial charge on any atom is 0.231 e. The minimum absolute atomic E-state index is 0.0736. The number of carbonyl (C=O) groups is 2. The van der Waals surface area contributed by atoms with E-state index in [9.17, 15) is 9.59 Å². The maximum atomic E-state index is 12.0. The van der Waals surface area contributed by atoms with Crippen LogP contribution in [-0.2, 0) is 11.8 Å². The summed E-state index contributed by atoms with van der Waals surface area (Å²) in [6.45, 7) is 1.08. The van der Waals surface area contributed by atoms with Crippen LogP contribution in [0.5, 0.6) is 0 Å². The minimum atomic E-state index is -0.337. The molecule has 1 fully saturated rings. The molecule has 1 aromatic heterocycles. The first kappa shape index (κ1) is 12.8. The van der Waals surface area contributed by atoms with E-state index in [0.717, 1.165) is 19.4 Å². The van der Waals surface area contributed by atoms with E-state index < -0.39 is 0 Å². The van der Waals surface area contributed by atoms with Gasteiger partial charge in [-0.2, -0.15) is 5.10 Å². The number of aryl methyl sites for hydroxylation is 1. The Morgan fingerprint density at radius 3 is 2.94 bits per heavy atom. The average Bonchev–Trinajstić information content (AvgIpc) is 2.88. The first-order valence-corrected chi connectivity index (χ1v) is 6.10. The number of nitrogens with zero attached hydrogens (tertiary/aromatic N) is 3. The fourth-order valence-electron chi connectivity index (χ4n) is 2.43. The molecule has 1 aliphatic rings. The van der Waals surface area contributed by atoms with Crippen LogP contribution in [0.3, 0.4) is 0 Å². The predicted molar refractivity (Wildman–Crippen MR) is 65.9 cm³/mol. The largest absolute Gasteiger partial charge is 0.369 e. The van der Waals surface area contributed by atoms with Gasteiger partial charge in [0, 0.05) is 25.7 Å². The summed E-state index contributed by atoms with van der Waals surface area (Å²) >= 11 is 0. The van der Waals surface area contributed by atoms with Crippen molar-refractivity contribution in [3.05, 3.63) is 18.0 Å². The molecule has 1 saturated heterocycles. The van der Waals surface area contributed by atoms with Crippen molar-refractivity contribution in [1.82, 2.24) is 14.7 Å². The Morgan fingerprint density at radius 1 is 1.56 bits per heavy atom. The van der Waals surface area contributed by atoms with E-state index in [-0.39, 0.29) is 24.3 Å². The summed E-state index contributed by atoms with van der Waals surface area (Å²) < 4.78 is 1.61. The summed E-state index contributed by atoms with van der Waals surface area (Å²) in [6.07, 6.45) is 5.68. The van der Waals surface area contributed by atoms with Crippen LogP contribution in [0.2, 0.25) is 0 Å². The predicted octanol–water partition coefficient (Wildman–Crippen LogP) is -0.0574. The molecule has 0 aromatic carbocycles. The number of aromatic nitrogens is 2. The zero-order valence-corrected chi connectivity index (χ0v) is 10.5. The van der Waals surface area contributed by atoms with Crippen LogP contribution in [0.25, 0.3) is 0 Å². The molecule has 2 heterocycles. The van der Waals surface area contributed by atoms with Crippen molar-refractivity contribution in [2.45, 2.75) is 25.3 Å². The highest BCUT2D eigenvalue weighted by molar-refractivity contribution is 5.96. The third kappa shape index (κ3) is 2.95. The van der Waals surface area contributed by atoms with Gasteiger partial charge in [0.05, 0.1) is 18.3 Å². The number of carbonyl (C=O) groups excluding carboxylic acids is 2. The lowest BCUT2D eigenvalue weighted by Crippen LogP contribution is -2.38. The van der Waals surface area contributed by atoms with Gasteiger partial charge in [0.1, 0.15) is 0 Å². The fraction of sp³-hybridized carbons (Fsp3) is 0.583. The molecule has 0 saturated carbocycles. The van der Waals surface area contributed by atoms with Gasteiger partial charge >= 0.3 is 0 Å². The fourth-order valence-corrected chi connectivity index (χ4v) is 2.43. The Bertz CT molecular complexity index is 455. The highest BCUT2D eigenvalue weighted by Crippen LogP contribution is 2.21. The molecule has 0 radical (unpaired) electrons. The van der Waals surface area contributed by atoms with Crippen molar-refractivity contribution < 1.29 is 9.59 Å². The molecular weight excluding hydrogens is 232 g/mol. The zero-order valence-electron chi connectivity index (χ0n) is 10.5. The van der Waals surface area contributed by atoms with Gasteiger partial charge in [-0.25, -0.2) is 0 Å². The lowest BCUT2D eigenvalue weighted by atomic mass is 10.0. The molecule has 0 spiro atoms. The zero-order chi connectivity index (χ0) is 13.1. The first-order chi connectivity index (χ1) is 8.56. The van der Waals surface area contributed by atoms with Gasteiger partial charge in [0.15, 0.2) is 5.78 Å². The number of Topliss-reactive ketones (excluding diaryl/α,β-unsaturated/α-hetero) is 1. The highest BCUT2D eigenvalue weighted by atomic mass is 16.1. The number of primary amides is 1. The molecular formula is C12H18N4O2. The van der Waals surface area contributed by atoms with E-state index in [2.05, 4.69) is 5.10 Å². The first-order valence-electron chi connectivity index (χ1n) is 6.10. The standard InChI is InChI=1S/C12H18N4O2/c1-15-7-9(6-14-15)11(17)5-10-3-2-4-16(10)8-12(13)18/h6-7,10H,2-5,8H2,1H3,(H2,13,18)/t10-/m0/s1. The summed E-state index contributed by atoms with van der Waals surface area (Å²) in [5.41, 5.74) is 5.83. The van der Waals surface area contributed by atoms with Crippen LogP contribution in [0.4, 0.5) is 0 Å². The molecule has 98 valence electrons. The van der Waals surface area contributed by atoms with Crippen LogP contribution in [-0.4, -0.2) is 45.5 Å². The van der Waals surface area contributed by atoms with E-state index in [4.69, 9.17) is 5.73 Å². The quantitative estimate of drug-likeness (QED) is 0.742.